The Kier molecular flexibility index (Phi) is 3.71. The zero-order chi connectivity index (χ0) is 10.8. The van der Waals surface area contributed by atoms with E-state index < -0.39 is 0 Å². The fraction of sp³-hybridized carbons (Fsp3) is 0.917. The summed E-state index contributed by atoms with van der Waals surface area (Å²) in [6, 6.07) is 0. The third kappa shape index (κ3) is 2.81. The van der Waals surface area contributed by atoms with Gasteiger partial charge in [-0.2, -0.15) is 0 Å². The third-order valence-corrected chi connectivity index (χ3v) is 3.58. The number of hydrogen-bond donors (Lipinski definition) is 1. The van der Waals surface area contributed by atoms with Gasteiger partial charge in [0.2, 0.25) is 0 Å². The van der Waals surface area contributed by atoms with Crippen molar-refractivity contribution in [3.63, 3.8) is 0 Å². The van der Waals surface area contributed by atoms with Gasteiger partial charge in [-0.25, -0.2) is 0 Å². The van der Waals surface area contributed by atoms with Crippen molar-refractivity contribution in [2.45, 2.75) is 52.6 Å². The number of carbonyl (C=O) groups excluding carboxylic acids is 1. The first-order chi connectivity index (χ1) is 6.45. The molecule has 1 saturated carbocycles. The van der Waals surface area contributed by atoms with Crippen molar-refractivity contribution in [3.05, 3.63) is 0 Å². The largest absolute Gasteiger partial charge is 0.393 e. The minimum atomic E-state index is -0.266. The Balaban J connectivity index is 2.50. The topological polar surface area (TPSA) is 37.3 Å². The monoisotopic (exact) mass is 198 g/mol. The highest BCUT2D eigenvalue weighted by molar-refractivity contribution is 5.49. The molecule has 0 aromatic heterocycles. The SMILES string of the molecule is CC(C)(C)[C@@H]1CC[C@H](CC=O)[C@@H](O)C1. The van der Waals surface area contributed by atoms with Crippen LogP contribution < -0.4 is 0 Å². The van der Waals surface area contributed by atoms with Crippen LogP contribution in [0, 0.1) is 17.3 Å². The first kappa shape index (κ1) is 11.7. The van der Waals surface area contributed by atoms with Crippen molar-refractivity contribution in [3.8, 4) is 0 Å². The maximum Gasteiger partial charge on any atom is 0.120 e. The number of hydrogen-bond acceptors (Lipinski definition) is 2. The molecule has 0 saturated heterocycles. The van der Waals surface area contributed by atoms with Crippen LogP contribution in [0.4, 0.5) is 0 Å². The molecule has 2 nitrogen and oxygen atoms in total. The lowest BCUT2D eigenvalue weighted by Gasteiger charge is -2.39. The summed E-state index contributed by atoms with van der Waals surface area (Å²) >= 11 is 0. The van der Waals surface area contributed by atoms with Crippen LogP contribution >= 0.6 is 0 Å². The number of aliphatic hydroxyl groups excluding tert-OH is 1. The van der Waals surface area contributed by atoms with Gasteiger partial charge in [-0.15, -0.1) is 0 Å². The summed E-state index contributed by atoms with van der Waals surface area (Å²) in [4.78, 5) is 10.4. The maximum atomic E-state index is 10.4. The van der Waals surface area contributed by atoms with Crippen molar-refractivity contribution in [1.29, 1.82) is 0 Å². The first-order valence-corrected chi connectivity index (χ1v) is 5.57. The number of aldehydes is 1. The van der Waals surface area contributed by atoms with E-state index in [0.29, 0.717) is 12.3 Å². The summed E-state index contributed by atoms with van der Waals surface area (Å²) in [7, 11) is 0. The molecule has 0 heterocycles. The van der Waals surface area contributed by atoms with Crippen LogP contribution in [-0.2, 0) is 4.79 Å². The average molecular weight is 198 g/mol. The van der Waals surface area contributed by atoms with Gasteiger partial charge < -0.3 is 9.90 Å². The van der Waals surface area contributed by atoms with E-state index in [1.165, 1.54) is 0 Å². The molecule has 0 aromatic rings. The smallest absolute Gasteiger partial charge is 0.120 e. The summed E-state index contributed by atoms with van der Waals surface area (Å²) in [5.74, 6) is 0.812. The summed E-state index contributed by atoms with van der Waals surface area (Å²) in [6.07, 6.45) is 4.21. The summed E-state index contributed by atoms with van der Waals surface area (Å²) < 4.78 is 0. The molecular weight excluding hydrogens is 176 g/mol. The van der Waals surface area contributed by atoms with E-state index in [9.17, 15) is 9.90 Å². The number of aliphatic hydroxyl groups is 1. The zero-order valence-electron chi connectivity index (χ0n) is 9.49. The molecule has 14 heavy (non-hydrogen) atoms. The fourth-order valence-corrected chi connectivity index (χ4v) is 2.39. The fourth-order valence-electron chi connectivity index (χ4n) is 2.39. The van der Waals surface area contributed by atoms with Gasteiger partial charge in [0.05, 0.1) is 6.10 Å². The molecule has 82 valence electrons. The Bertz CT molecular complexity index is 193. The summed E-state index contributed by atoms with van der Waals surface area (Å²) in [5, 5.41) is 9.87. The predicted molar refractivity (Wildman–Crippen MR) is 57.0 cm³/mol. The van der Waals surface area contributed by atoms with Crippen LogP contribution in [0.3, 0.4) is 0 Å². The van der Waals surface area contributed by atoms with E-state index in [0.717, 1.165) is 25.5 Å². The van der Waals surface area contributed by atoms with Crippen molar-refractivity contribution in [2.75, 3.05) is 0 Å². The van der Waals surface area contributed by atoms with Crippen LogP contribution in [0.15, 0.2) is 0 Å². The second-order valence-electron chi connectivity index (χ2n) is 5.61. The Morgan fingerprint density at radius 3 is 2.43 bits per heavy atom. The van der Waals surface area contributed by atoms with Gasteiger partial charge in [0.25, 0.3) is 0 Å². The van der Waals surface area contributed by atoms with Crippen molar-refractivity contribution < 1.29 is 9.90 Å². The van der Waals surface area contributed by atoms with Gasteiger partial charge in [0.15, 0.2) is 0 Å². The zero-order valence-corrected chi connectivity index (χ0v) is 9.49. The molecule has 0 radical (unpaired) electrons. The van der Waals surface area contributed by atoms with Crippen LogP contribution in [-0.4, -0.2) is 17.5 Å². The van der Waals surface area contributed by atoms with Gasteiger partial charge in [0, 0.05) is 6.42 Å². The van der Waals surface area contributed by atoms with E-state index in [4.69, 9.17) is 0 Å². The minimum Gasteiger partial charge on any atom is -0.393 e. The molecular formula is C12H22O2. The quantitative estimate of drug-likeness (QED) is 0.692. The molecule has 0 spiro atoms. The molecule has 1 aliphatic rings. The third-order valence-electron chi connectivity index (χ3n) is 3.58. The second-order valence-corrected chi connectivity index (χ2v) is 5.61. The Morgan fingerprint density at radius 2 is 2.00 bits per heavy atom. The predicted octanol–water partition coefficient (Wildman–Crippen LogP) is 2.40. The lowest BCUT2D eigenvalue weighted by atomic mass is 9.68. The maximum absolute atomic E-state index is 10.4. The van der Waals surface area contributed by atoms with Crippen LogP contribution in [0.25, 0.3) is 0 Å². The number of rotatable bonds is 2. The van der Waals surface area contributed by atoms with Gasteiger partial charge in [-0.3, -0.25) is 0 Å². The standard InChI is InChI=1S/C12H22O2/c1-12(2,3)10-5-4-9(6-7-13)11(14)8-10/h7,9-11,14H,4-6,8H2,1-3H3/t9-,10-,11+/m1/s1. The Labute approximate surface area is 86.7 Å². The van der Waals surface area contributed by atoms with Crippen LogP contribution in [0.5, 0.6) is 0 Å². The van der Waals surface area contributed by atoms with E-state index in [1.54, 1.807) is 0 Å². The minimum absolute atomic E-state index is 0.214. The molecule has 3 atom stereocenters. The van der Waals surface area contributed by atoms with Crippen LogP contribution in [0.1, 0.15) is 46.5 Å². The summed E-state index contributed by atoms with van der Waals surface area (Å²) in [5.41, 5.74) is 0.285. The van der Waals surface area contributed by atoms with Gasteiger partial charge >= 0.3 is 0 Å². The van der Waals surface area contributed by atoms with E-state index in [2.05, 4.69) is 20.8 Å². The highest BCUT2D eigenvalue weighted by atomic mass is 16.3. The molecule has 0 aliphatic heterocycles. The highest BCUT2D eigenvalue weighted by Gasteiger charge is 2.34. The Morgan fingerprint density at radius 1 is 1.36 bits per heavy atom. The summed E-state index contributed by atoms with van der Waals surface area (Å²) in [6.45, 7) is 6.68. The lowest BCUT2D eigenvalue weighted by molar-refractivity contribution is -0.110. The lowest BCUT2D eigenvalue weighted by Crippen LogP contribution is -2.35. The van der Waals surface area contributed by atoms with E-state index >= 15 is 0 Å². The molecule has 1 rings (SSSR count). The van der Waals surface area contributed by atoms with Crippen molar-refractivity contribution in [1.82, 2.24) is 0 Å². The molecule has 1 fully saturated rings. The van der Waals surface area contributed by atoms with Gasteiger partial charge in [0.1, 0.15) is 6.29 Å². The normalized spacial score (nSPS) is 34.1. The van der Waals surface area contributed by atoms with Crippen molar-refractivity contribution in [2.24, 2.45) is 17.3 Å². The molecule has 0 unspecified atom stereocenters. The average Bonchev–Trinajstić information content (AvgIpc) is 2.07. The molecule has 0 amide bonds. The number of carbonyl (C=O) groups is 1. The molecule has 1 aliphatic carbocycles. The second kappa shape index (κ2) is 4.43. The Hall–Kier alpha value is -0.370. The van der Waals surface area contributed by atoms with Crippen molar-refractivity contribution >= 4 is 6.29 Å². The first-order valence-electron chi connectivity index (χ1n) is 5.57. The highest BCUT2D eigenvalue weighted by Crippen LogP contribution is 2.40. The van der Waals surface area contributed by atoms with Crippen LogP contribution in [0.2, 0.25) is 0 Å². The molecule has 1 N–H and O–H groups in total. The molecule has 0 aromatic carbocycles. The van der Waals surface area contributed by atoms with E-state index in [-0.39, 0.29) is 17.4 Å². The van der Waals surface area contributed by atoms with E-state index in [1.807, 2.05) is 0 Å². The van der Waals surface area contributed by atoms with Gasteiger partial charge in [-0.05, 0) is 36.5 Å². The molecule has 0 bridgehead atoms. The van der Waals surface area contributed by atoms with Gasteiger partial charge in [-0.1, -0.05) is 20.8 Å². The molecule has 2 heteroatoms.